The molecule has 1 aromatic carbocycles. The second-order valence-electron chi connectivity index (χ2n) is 3.38. The van der Waals surface area contributed by atoms with Gasteiger partial charge in [-0.25, -0.2) is 0 Å². The standard InChI is InChI=1S/C11H14N2O3/c1-16-10-6-7(13)2-3-8(10)11(15)9(14)4-5-12/h2-3,6,9,11,14-15H,4,13H2,1H3. The normalized spacial score (nSPS) is 13.9. The molecule has 0 saturated carbocycles. The fourth-order valence-electron chi connectivity index (χ4n) is 1.38. The van der Waals surface area contributed by atoms with E-state index in [4.69, 9.17) is 15.7 Å². The molecule has 4 N–H and O–H groups in total. The van der Waals surface area contributed by atoms with E-state index in [2.05, 4.69) is 0 Å². The van der Waals surface area contributed by atoms with Crippen molar-refractivity contribution in [3.05, 3.63) is 23.8 Å². The zero-order valence-corrected chi connectivity index (χ0v) is 8.92. The van der Waals surface area contributed by atoms with Crippen molar-refractivity contribution in [3.63, 3.8) is 0 Å². The van der Waals surface area contributed by atoms with Crippen LogP contribution in [0.4, 0.5) is 5.69 Å². The molecule has 5 heteroatoms. The Hall–Kier alpha value is -1.77. The van der Waals surface area contributed by atoms with Crippen LogP contribution >= 0.6 is 0 Å². The van der Waals surface area contributed by atoms with E-state index in [0.29, 0.717) is 17.0 Å². The van der Waals surface area contributed by atoms with E-state index in [0.717, 1.165) is 0 Å². The molecule has 1 rings (SSSR count). The van der Waals surface area contributed by atoms with Gasteiger partial charge < -0.3 is 20.7 Å². The first-order chi connectivity index (χ1) is 7.60. The fraction of sp³-hybridized carbons (Fsp3) is 0.364. The lowest BCUT2D eigenvalue weighted by Gasteiger charge is -2.18. The molecule has 5 nitrogen and oxygen atoms in total. The fourth-order valence-corrected chi connectivity index (χ4v) is 1.38. The van der Waals surface area contributed by atoms with Gasteiger partial charge in [0.1, 0.15) is 11.9 Å². The summed E-state index contributed by atoms with van der Waals surface area (Å²) in [4.78, 5) is 0. The van der Waals surface area contributed by atoms with Gasteiger partial charge in [-0.15, -0.1) is 0 Å². The van der Waals surface area contributed by atoms with Gasteiger partial charge in [-0.3, -0.25) is 0 Å². The zero-order valence-electron chi connectivity index (χ0n) is 8.92. The lowest BCUT2D eigenvalue weighted by molar-refractivity contribution is 0.0202. The summed E-state index contributed by atoms with van der Waals surface area (Å²) in [5, 5.41) is 27.7. The summed E-state index contributed by atoms with van der Waals surface area (Å²) in [7, 11) is 1.45. The molecule has 2 unspecified atom stereocenters. The highest BCUT2D eigenvalue weighted by Crippen LogP contribution is 2.29. The molecule has 0 radical (unpaired) electrons. The number of rotatable bonds is 4. The van der Waals surface area contributed by atoms with Gasteiger partial charge in [0.25, 0.3) is 0 Å². The minimum atomic E-state index is -1.16. The summed E-state index contributed by atoms with van der Waals surface area (Å²) >= 11 is 0. The van der Waals surface area contributed by atoms with E-state index >= 15 is 0 Å². The van der Waals surface area contributed by atoms with E-state index in [1.54, 1.807) is 24.3 Å². The van der Waals surface area contributed by atoms with Gasteiger partial charge in [0, 0.05) is 17.3 Å². The number of hydrogen-bond donors (Lipinski definition) is 3. The number of benzene rings is 1. The SMILES string of the molecule is COc1cc(N)ccc1C(O)C(O)CC#N. The Labute approximate surface area is 93.7 Å². The molecule has 0 heterocycles. The first-order valence-electron chi connectivity index (χ1n) is 4.76. The number of aliphatic hydroxyl groups is 2. The molecule has 0 aliphatic rings. The van der Waals surface area contributed by atoms with Crippen molar-refractivity contribution in [1.82, 2.24) is 0 Å². The second-order valence-corrected chi connectivity index (χ2v) is 3.38. The minimum absolute atomic E-state index is 0.144. The van der Waals surface area contributed by atoms with E-state index < -0.39 is 12.2 Å². The summed E-state index contributed by atoms with van der Waals surface area (Å²) < 4.78 is 5.04. The van der Waals surface area contributed by atoms with Crippen LogP contribution in [0, 0.1) is 11.3 Å². The van der Waals surface area contributed by atoms with E-state index in [9.17, 15) is 10.2 Å². The Kier molecular flexibility index (Phi) is 4.11. The molecular formula is C11H14N2O3. The van der Waals surface area contributed by atoms with Crippen LogP contribution in [0.1, 0.15) is 18.1 Å². The molecule has 0 amide bonds. The van der Waals surface area contributed by atoms with E-state index in [1.807, 2.05) is 0 Å². The Morgan fingerprint density at radius 2 is 2.19 bits per heavy atom. The third-order valence-electron chi connectivity index (χ3n) is 2.24. The molecule has 2 atom stereocenters. The van der Waals surface area contributed by atoms with Crippen molar-refractivity contribution < 1.29 is 14.9 Å². The van der Waals surface area contributed by atoms with Crippen LogP contribution in [0.5, 0.6) is 5.75 Å². The van der Waals surface area contributed by atoms with Crippen molar-refractivity contribution >= 4 is 5.69 Å². The predicted octanol–water partition coefficient (Wildman–Crippen LogP) is 0.585. The molecule has 0 aliphatic carbocycles. The molecule has 0 aliphatic heterocycles. The van der Waals surface area contributed by atoms with Crippen LogP contribution < -0.4 is 10.5 Å². The van der Waals surface area contributed by atoms with Gasteiger partial charge in [0.15, 0.2) is 0 Å². The number of methoxy groups -OCH3 is 1. The summed E-state index contributed by atoms with van der Waals surface area (Å²) in [5.41, 5.74) is 6.48. The lowest BCUT2D eigenvalue weighted by Crippen LogP contribution is -2.18. The highest BCUT2D eigenvalue weighted by molar-refractivity contribution is 5.49. The number of hydrogen-bond acceptors (Lipinski definition) is 5. The van der Waals surface area contributed by atoms with Crippen LogP contribution in [0.15, 0.2) is 18.2 Å². The summed E-state index contributed by atoms with van der Waals surface area (Å²) in [6, 6.07) is 6.51. The van der Waals surface area contributed by atoms with Gasteiger partial charge in [-0.2, -0.15) is 5.26 Å². The lowest BCUT2D eigenvalue weighted by atomic mass is 10.0. The Morgan fingerprint density at radius 3 is 2.75 bits per heavy atom. The Bertz CT molecular complexity index is 401. The molecule has 0 saturated heterocycles. The molecule has 0 fully saturated rings. The average Bonchev–Trinajstić information content (AvgIpc) is 2.28. The highest BCUT2D eigenvalue weighted by atomic mass is 16.5. The molecule has 0 spiro atoms. The van der Waals surface area contributed by atoms with Crippen LogP contribution in [-0.4, -0.2) is 23.4 Å². The average molecular weight is 222 g/mol. The monoisotopic (exact) mass is 222 g/mol. The second kappa shape index (κ2) is 5.35. The maximum Gasteiger partial charge on any atom is 0.126 e. The van der Waals surface area contributed by atoms with Crippen molar-refractivity contribution in [2.45, 2.75) is 18.6 Å². The highest BCUT2D eigenvalue weighted by Gasteiger charge is 2.21. The van der Waals surface area contributed by atoms with Crippen LogP contribution in [-0.2, 0) is 0 Å². The third-order valence-corrected chi connectivity index (χ3v) is 2.24. The number of nitrogens with two attached hydrogens (primary N) is 1. The van der Waals surface area contributed by atoms with E-state index in [-0.39, 0.29) is 6.42 Å². The number of nitrogens with zero attached hydrogens (tertiary/aromatic N) is 1. The van der Waals surface area contributed by atoms with Crippen LogP contribution in [0.3, 0.4) is 0 Å². The van der Waals surface area contributed by atoms with Crippen molar-refractivity contribution in [2.75, 3.05) is 12.8 Å². The number of aliphatic hydroxyl groups excluding tert-OH is 2. The molecule has 0 bridgehead atoms. The van der Waals surface area contributed by atoms with Gasteiger partial charge in [0.05, 0.1) is 25.7 Å². The van der Waals surface area contributed by atoms with Crippen LogP contribution in [0.25, 0.3) is 0 Å². The Balaban J connectivity index is 2.99. The maximum absolute atomic E-state index is 9.80. The van der Waals surface area contributed by atoms with Crippen molar-refractivity contribution in [2.24, 2.45) is 0 Å². The summed E-state index contributed by atoms with van der Waals surface area (Å²) in [5.74, 6) is 0.393. The predicted molar refractivity (Wildman–Crippen MR) is 58.6 cm³/mol. The van der Waals surface area contributed by atoms with Crippen molar-refractivity contribution in [3.8, 4) is 11.8 Å². The van der Waals surface area contributed by atoms with Crippen molar-refractivity contribution in [1.29, 1.82) is 5.26 Å². The topological polar surface area (TPSA) is 99.5 Å². The quantitative estimate of drug-likeness (QED) is 0.647. The zero-order chi connectivity index (χ0) is 12.1. The van der Waals surface area contributed by atoms with Gasteiger partial charge in [-0.1, -0.05) is 6.07 Å². The van der Waals surface area contributed by atoms with E-state index in [1.165, 1.54) is 7.11 Å². The first-order valence-corrected chi connectivity index (χ1v) is 4.76. The molecule has 86 valence electrons. The number of anilines is 1. The van der Waals surface area contributed by atoms with Gasteiger partial charge in [0.2, 0.25) is 0 Å². The summed E-state index contributed by atoms with van der Waals surface area (Å²) in [6.45, 7) is 0. The summed E-state index contributed by atoms with van der Waals surface area (Å²) in [6.07, 6.45) is -2.44. The van der Waals surface area contributed by atoms with Crippen LogP contribution in [0.2, 0.25) is 0 Å². The largest absolute Gasteiger partial charge is 0.496 e. The number of nitriles is 1. The maximum atomic E-state index is 9.80. The molecule has 1 aromatic rings. The van der Waals surface area contributed by atoms with Gasteiger partial charge >= 0.3 is 0 Å². The van der Waals surface area contributed by atoms with Gasteiger partial charge in [-0.05, 0) is 6.07 Å². The third kappa shape index (κ3) is 2.63. The Morgan fingerprint density at radius 1 is 1.50 bits per heavy atom. The number of ether oxygens (including phenoxy) is 1. The number of nitrogen functional groups attached to an aromatic ring is 1. The molecule has 0 aromatic heterocycles. The first kappa shape index (κ1) is 12.3. The minimum Gasteiger partial charge on any atom is -0.496 e. The molecule has 16 heavy (non-hydrogen) atoms. The smallest absolute Gasteiger partial charge is 0.126 e. The molecular weight excluding hydrogens is 208 g/mol.